The maximum absolute atomic E-state index is 5.39. The molecule has 4 nitrogen and oxygen atoms in total. The largest absolute Gasteiger partial charge is 0.363 e. The first-order valence-electron chi connectivity index (χ1n) is 7.24. The number of nitrogens with zero attached hydrogens (tertiary/aromatic N) is 2. The highest BCUT2D eigenvalue weighted by Crippen LogP contribution is 2.32. The van der Waals surface area contributed by atoms with Crippen molar-refractivity contribution in [2.45, 2.75) is 25.7 Å². The minimum Gasteiger partial charge on any atom is -0.363 e. The van der Waals surface area contributed by atoms with E-state index in [0.717, 1.165) is 43.2 Å². The number of aromatic nitrogens is 2. The molecule has 0 unspecified atom stereocenters. The molecule has 1 aliphatic heterocycles. The first-order valence-corrected chi connectivity index (χ1v) is 7.65. The van der Waals surface area contributed by atoms with Crippen molar-refractivity contribution >= 4 is 28.4 Å². The lowest BCUT2D eigenvalue weighted by Crippen LogP contribution is -2.43. The number of piperidine rings is 1. The Morgan fingerprint density at radius 3 is 3.00 bits per heavy atom. The van der Waals surface area contributed by atoms with E-state index in [1.165, 1.54) is 10.9 Å². The summed E-state index contributed by atoms with van der Waals surface area (Å²) in [5, 5.41) is 5.40. The Hall–Kier alpha value is -1.62. The monoisotopic (exact) mass is 288 g/mol. The predicted molar refractivity (Wildman–Crippen MR) is 85.9 cm³/mol. The molecule has 20 heavy (non-hydrogen) atoms. The average molecular weight is 288 g/mol. The van der Waals surface area contributed by atoms with Gasteiger partial charge < -0.3 is 15.2 Å². The lowest BCUT2D eigenvalue weighted by Gasteiger charge is -2.34. The zero-order chi connectivity index (χ0) is 13.9. The quantitative estimate of drug-likeness (QED) is 0.834. The van der Waals surface area contributed by atoms with Crippen molar-refractivity contribution in [1.29, 1.82) is 0 Å². The molecule has 106 valence electrons. The van der Waals surface area contributed by atoms with E-state index in [0.29, 0.717) is 5.92 Å². The van der Waals surface area contributed by atoms with Crippen LogP contribution in [0.4, 0.5) is 0 Å². The summed E-state index contributed by atoms with van der Waals surface area (Å²) in [4.78, 5) is 9.84. The lowest BCUT2D eigenvalue weighted by atomic mass is 9.88. The van der Waals surface area contributed by atoms with E-state index >= 15 is 0 Å². The van der Waals surface area contributed by atoms with Gasteiger partial charge in [-0.2, -0.15) is 0 Å². The average Bonchev–Trinajstić information content (AvgIpc) is 2.96. The van der Waals surface area contributed by atoms with E-state index in [1.54, 1.807) is 0 Å². The van der Waals surface area contributed by atoms with Gasteiger partial charge in [-0.15, -0.1) is 0 Å². The molecule has 0 amide bonds. The molecule has 0 atom stereocenters. The van der Waals surface area contributed by atoms with Crippen LogP contribution in [-0.2, 0) is 0 Å². The maximum atomic E-state index is 5.39. The number of H-pyrrole nitrogens is 1. The Bertz CT molecular complexity index is 599. The van der Waals surface area contributed by atoms with Gasteiger partial charge in [0.05, 0.1) is 0 Å². The zero-order valence-corrected chi connectivity index (χ0v) is 12.5. The maximum Gasteiger partial charge on any atom is 0.168 e. The number of nitrogens with one attached hydrogen (secondary N) is 2. The van der Waals surface area contributed by atoms with Crippen LogP contribution in [0.5, 0.6) is 0 Å². The molecule has 0 aliphatic carbocycles. The molecular weight excluding hydrogens is 268 g/mol. The highest BCUT2D eigenvalue weighted by Gasteiger charge is 2.23. The topological polar surface area (TPSA) is 44.0 Å². The predicted octanol–water partition coefficient (Wildman–Crippen LogP) is 2.64. The summed E-state index contributed by atoms with van der Waals surface area (Å²) < 4.78 is 0. The van der Waals surface area contributed by atoms with Gasteiger partial charge in [-0.05, 0) is 55.6 Å². The molecule has 3 heterocycles. The van der Waals surface area contributed by atoms with Crippen molar-refractivity contribution in [3.63, 3.8) is 0 Å². The molecule has 0 saturated carbocycles. The number of pyridine rings is 1. The highest BCUT2D eigenvalue weighted by atomic mass is 32.1. The second-order valence-electron chi connectivity index (χ2n) is 5.24. The molecule has 2 N–H and O–H groups in total. The third-order valence-electron chi connectivity index (χ3n) is 4.04. The summed E-state index contributed by atoms with van der Waals surface area (Å²) >= 11 is 5.39. The van der Waals surface area contributed by atoms with Gasteiger partial charge in [0.15, 0.2) is 5.11 Å². The van der Waals surface area contributed by atoms with Crippen LogP contribution in [-0.4, -0.2) is 39.6 Å². The molecule has 0 radical (unpaired) electrons. The number of likely N-dealkylation sites (tertiary alicyclic amines) is 1. The first kappa shape index (κ1) is 13.4. The fourth-order valence-corrected chi connectivity index (χ4v) is 3.32. The Morgan fingerprint density at radius 1 is 1.45 bits per heavy atom. The normalized spacial score (nSPS) is 16.6. The van der Waals surface area contributed by atoms with Crippen LogP contribution in [0, 0.1) is 0 Å². The Balaban J connectivity index is 1.72. The molecule has 0 bridgehead atoms. The summed E-state index contributed by atoms with van der Waals surface area (Å²) in [6.45, 7) is 5.04. The highest BCUT2D eigenvalue weighted by molar-refractivity contribution is 7.80. The Labute approximate surface area is 124 Å². The van der Waals surface area contributed by atoms with E-state index in [9.17, 15) is 0 Å². The molecule has 3 rings (SSSR count). The number of rotatable bonds is 2. The summed E-state index contributed by atoms with van der Waals surface area (Å²) in [6.07, 6.45) is 6.17. The smallest absolute Gasteiger partial charge is 0.168 e. The van der Waals surface area contributed by atoms with Crippen molar-refractivity contribution in [2.75, 3.05) is 19.6 Å². The minimum atomic E-state index is 0.608. The summed E-state index contributed by atoms with van der Waals surface area (Å²) in [7, 11) is 0. The summed E-state index contributed by atoms with van der Waals surface area (Å²) in [6, 6.07) is 4.30. The fraction of sp³-hybridized carbons (Fsp3) is 0.467. The van der Waals surface area contributed by atoms with E-state index in [4.69, 9.17) is 12.2 Å². The van der Waals surface area contributed by atoms with Gasteiger partial charge in [-0.3, -0.25) is 0 Å². The van der Waals surface area contributed by atoms with Crippen LogP contribution in [0.15, 0.2) is 24.5 Å². The molecule has 1 fully saturated rings. The van der Waals surface area contributed by atoms with Crippen molar-refractivity contribution in [1.82, 2.24) is 20.2 Å². The van der Waals surface area contributed by atoms with E-state index in [-0.39, 0.29) is 0 Å². The Kier molecular flexibility index (Phi) is 3.87. The van der Waals surface area contributed by atoms with Crippen LogP contribution < -0.4 is 5.32 Å². The van der Waals surface area contributed by atoms with Gasteiger partial charge in [0.2, 0.25) is 0 Å². The molecular formula is C15H20N4S. The molecule has 5 heteroatoms. The van der Waals surface area contributed by atoms with Crippen molar-refractivity contribution < 1.29 is 0 Å². The van der Waals surface area contributed by atoms with Crippen LogP contribution in [0.2, 0.25) is 0 Å². The van der Waals surface area contributed by atoms with Crippen LogP contribution in [0.3, 0.4) is 0 Å². The summed E-state index contributed by atoms with van der Waals surface area (Å²) in [5.74, 6) is 0.608. The molecule has 0 aromatic carbocycles. The molecule has 2 aromatic heterocycles. The SMILES string of the molecule is CCNC(=S)N1CCC(c2ccnc3[nH]ccc23)CC1. The van der Waals surface area contributed by atoms with Gasteiger partial charge in [-0.1, -0.05) is 0 Å². The number of fused-ring (bicyclic) bond motifs is 1. The molecule has 2 aromatic rings. The number of hydrogen-bond donors (Lipinski definition) is 2. The zero-order valence-electron chi connectivity index (χ0n) is 11.7. The second-order valence-corrected chi connectivity index (χ2v) is 5.62. The van der Waals surface area contributed by atoms with E-state index < -0.39 is 0 Å². The van der Waals surface area contributed by atoms with Gasteiger partial charge in [0.25, 0.3) is 0 Å². The van der Waals surface area contributed by atoms with Crippen molar-refractivity contribution in [2.24, 2.45) is 0 Å². The standard InChI is InChI=1S/C15H20N4S/c1-2-16-15(20)19-9-5-11(6-10-19)12-3-7-17-14-13(12)4-8-18-14/h3-4,7-8,11H,2,5-6,9-10H2,1H3,(H,16,20)(H,17,18). The second kappa shape index (κ2) is 5.79. The lowest BCUT2D eigenvalue weighted by molar-refractivity contribution is 0.311. The van der Waals surface area contributed by atoms with Crippen LogP contribution in [0.1, 0.15) is 31.2 Å². The van der Waals surface area contributed by atoms with Gasteiger partial charge in [0.1, 0.15) is 5.65 Å². The van der Waals surface area contributed by atoms with Crippen LogP contribution >= 0.6 is 12.2 Å². The van der Waals surface area contributed by atoms with Gasteiger partial charge in [0, 0.05) is 37.4 Å². The van der Waals surface area contributed by atoms with Gasteiger partial charge >= 0.3 is 0 Å². The third-order valence-corrected chi connectivity index (χ3v) is 4.45. The van der Waals surface area contributed by atoms with Gasteiger partial charge in [-0.25, -0.2) is 4.98 Å². The minimum absolute atomic E-state index is 0.608. The summed E-state index contributed by atoms with van der Waals surface area (Å²) in [5.41, 5.74) is 2.42. The first-order chi connectivity index (χ1) is 9.79. The molecule has 1 saturated heterocycles. The Morgan fingerprint density at radius 2 is 2.25 bits per heavy atom. The third kappa shape index (κ3) is 2.50. The number of aromatic amines is 1. The fourth-order valence-electron chi connectivity index (χ4n) is 2.99. The number of hydrogen-bond acceptors (Lipinski definition) is 2. The molecule has 0 spiro atoms. The van der Waals surface area contributed by atoms with Crippen molar-refractivity contribution in [3.05, 3.63) is 30.1 Å². The van der Waals surface area contributed by atoms with E-state index in [2.05, 4.69) is 39.2 Å². The number of thiocarbonyl (C=S) groups is 1. The van der Waals surface area contributed by atoms with Crippen molar-refractivity contribution in [3.8, 4) is 0 Å². The molecule has 1 aliphatic rings. The van der Waals surface area contributed by atoms with Crippen LogP contribution in [0.25, 0.3) is 11.0 Å². The van der Waals surface area contributed by atoms with E-state index in [1.807, 2.05) is 12.4 Å².